The maximum Gasteiger partial charge on any atom is 0.161 e. The van der Waals surface area contributed by atoms with E-state index in [4.69, 9.17) is 4.74 Å². The molecule has 1 heterocycles. The lowest BCUT2D eigenvalue weighted by Crippen LogP contribution is -2.33. The number of hydrogen-bond donors (Lipinski definition) is 0. The zero-order chi connectivity index (χ0) is 8.32. The Bertz CT molecular complexity index is 166. The first-order chi connectivity index (χ1) is 5.19. The van der Waals surface area contributed by atoms with Gasteiger partial charge in [0.2, 0.25) is 0 Å². The first-order valence-corrected chi connectivity index (χ1v) is 3.94. The second-order valence-corrected chi connectivity index (χ2v) is 3.24. The van der Waals surface area contributed by atoms with Gasteiger partial charge in [0.15, 0.2) is 5.78 Å². The summed E-state index contributed by atoms with van der Waals surface area (Å²) >= 11 is 0. The number of hydrogen-bond acceptors (Lipinski definition) is 2. The monoisotopic (exact) mass is 154 g/mol. The smallest absolute Gasteiger partial charge is 0.161 e. The van der Waals surface area contributed by atoms with Crippen LogP contribution in [-0.2, 0) is 9.53 Å². The third-order valence-corrected chi connectivity index (χ3v) is 2.38. The Morgan fingerprint density at radius 3 is 2.55 bits per heavy atom. The molecule has 0 aliphatic carbocycles. The van der Waals surface area contributed by atoms with E-state index in [-0.39, 0.29) is 11.2 Å². The van der Waals surface area contributed by atoms with E-state index in [1.807, 2.05) is 6.92 Å². The zero-order valence-corrected chi connectivity index (χ0v) is 6.93. The van der Waals surface area contributed by atoms with Crippen LogP contribution in [0.5, 0.6) is 0 Å². The van der Waals surface area contributed by atoms with Gasteiger partial charge in [-0.2, -0.15) is 0 Å². The van der Waals surface area contributed by atoms with Crippen molar-refractivity contribution in [2.45, 2.75) is 19.8 Å². The van der Waals surface area contributed by atoms with Crippen LogP contribution in [-0.4, -0.2) is 19.0 Å². The molecule has 1 aliphatic heterocycles. The van der Waals surface area contributed by atoms with E-state index in [9.17, 15) is 4.79 Å². The summed E-state index contributed by atoms with van der Waals surface area (Å²) in [5, 5.41) is 0. The maximum atomic E-state index is 11.3. The van der Waals surface area contributed by atoms with Gasteiger partial charge in [-0.25, -0.2) is 0 Å². The summed E-state index contributed by atoms with van der Waals surface area (Å²) in [5.74, 6) is 0.154. The van der Waals surface area contributed by atoms with Gasteiger partial charge in [-0.1, -0.05) is 13.5 Å². The largest absolute Gasteiger partial charge is 0.381 e. The van der Waals surface area contributed by atoms with Gasteiger partial charge in [-0.05, 0) is 18.9 Å². The van der Waals surface area contributed by atoms with Gasteiger partial charge in [0.1, 0.15) is 0 Å². The van der Waals surface area contributed by atoms with Crippen LogP contribution in [0.1, 0.15) is 19.8 Å². The van der Waals surface area contributed by atoms with Gasteiger partial charge in [0.25, 0.3) is 0 Å². The molecule has 0 unspecified atom stereocenters. The molecule has 0 aromatic rings. The predicted molar refractivity (Wildman–Crippen MR) is 43.4 cm³/mol. The first kappa shape index (κ1) is 8.47. The standard InChI is InChI=1S/C9H14O2/c1-3-8(10)9(2)4-6-11-7-5-9/h3H,1,4-7H2,2H3. The van der Waals surface area contributed by atoms with Crippen molar-refractivity contribution >= 4 is 5.78 Å². The average molecular weight is 154 g/mol. The molecule has 2 heteroatoms. The second-order valence-electron chi connectivity index (χ2n) is 3.24. The van der Waals surface area contributed by atoms with Gasteiger partial charge in [0, 0.05) is 18.6 Å². The third-order valence-electron chi connectivity index (χ3n) is 2.38. The van der Waals surface area contributed by atoms with Crippen molar-refractivity contribution in [2.24, 2.45) is 5.41 Å². The molecule has 0 saturated carbocycles. The van der Waals surface area contributed by atoms with Gasteiger partial charge in [0.05, 0.1) is 0 Å². The summed E-state index contributed by atoms with van der Waals surface area (Å²) < 4.78 is 5.17. The van der Waals surface area contributed by atoms with E-state index in [2.05, 4.69) is 6.58 Å². The van der Waals surface area contributed by atoms with Gasteiger partial charge < -0.3 is 4.74 Å². The van der Waals surface area contributed by atoms with Crippen molar-refractivity contribution < 1.29 is 9.53 Å². The average Bonchev–Trinajstić information content (AvgIpc) is 2.04. The number of ketones is 1. The molecule has 0 atom stereocenters. The Hall–Kier alpha value is -0.630. The molecular formula is C9H14O2. The summed E-state index contributed by atoms with van der Waals surface area (Å²) in [6.45, 7) is 6.89. The number of carbonyl (C=O) groups excluding carboxylic acids is 1. The van der Waals surface area contributed by atoms with Crippen LogP contribution in [0.2, 0.25) is 0 Å². The van der Waals surface area contributed by atoms with Crippen LogP contribution < -0.4 is 0 Å². The van der Waals surface area contributed by atoms with Crippen LogP contribution in [0.25, 0.3) is 0 Å². The Kier molecular flexibility index (Phi) is 2.45. The van der Waals surface area contributed by atoms with E-state index in [1.54, 1.807) is 0 Å². The Morgan fingerprint density at radius 1 is 1.55 bits per heavy atom. The van der Waals surface area contributed by atoms with Crippen molar-refractivity contribution in [3.8, 4) is 0 Å². The van der Waals surface area contributed by atoms with Crippen molar-refractivity contribution in [1.82, 2.24) is 0 Å². The van der Waals surface area contributed by atoms with E-state index in [0.29, 0.717) is 13.2 Å². The maximum absolute atomic E-state index is 11.3. The van der Waals surface area contributed by atoms with Crippen LogP contribution in [0.4, 0.5) is 0 Å². The van der Waals surface area contributed by atoms with Crippen molar-refractivity contribution in [1.29, 1.82) is 0 Å². The van der Waals surface area contributed by atoms with Crippen LogP contribution in [0.3, 0.4) is 0 Å². The molecule has 1 aliphatic rings. The van der Waals surface area contributed by atoms with Gasteiger partial charge >= 0.3 is 0 Å². The lowest BCUT2D eigenvalue weighted by Gasteiger charge is -2.30. The molecule has 0 aromatic carbocycles. The zero-order valence-electron chi connectivity index (χ0n) is 6.93. The lowest BCUT2D eigenvalue weighted by molar-refractivity contribution is -0.127. The second kappa shape index (κ2) is 3.18. The number of allylic oxidation sites excluding steroid dienone is 1. The molecule has 0 radical (unpaired) electrons. The van der Waals surface area contributed by atoms with Crippen molar-refractivity contribution in [3.63, 3.8) is 0 Å². The lowest BCUT2D eigenvalue weighted by atomic mass is 9.78. The van der Waals surface area contributed by atoms with E-state index < -0.39 is 0 Å². The Balaban J connectivity index is 2.63. The molecule has 62 valence electrons. The highest BCUT2D eigenvalue weighted by Gasteiger charge is 2.32. The fraction of sp³-hybridized carbons (Fsp3) is 0.667. The highest BCUT2D eigenvalue weighted by Crippen LogP contribution is 2.30. The number of ether oxygens (including phenoxy) is 1. The van der Waals surface area contributed by atoms with Gasteiger partial charge in [-0.3, -0.25) is 4.79 Å². The molecule has 1 rings (SSSR count). The molecule has 0 spiro atoms. The van der Waals surface area contributed by atoms with E-state index >= 15 is 0 Å². The molecule has 11 heavy (non-hydrogen) atoms. The summed E-state index contributed by atoms with van der Waals surface area (Å²) in [7, 11) is 0. The minimum absolute atomic E-state index is 0.154. The minimum atomic E-state index is -0.194. The quantitative estimate of drug-likeness (QED) is 0.564. The van der Waals surface area contributed by atoms with Crippen molar-refractivity contribution in [3.05, 3.63) is 12.7 Å². The molecule has 0 N–H and O–H groups in total. The normalized spacial score (nSPS) is 22.6. The molecular weight excluding hydrogens is 140 g/mol. The number of carbonyl (C=O) groups is 1. The molecule has 0 aromatic heterocycles. The fourth-order valence-corrected chi connectivity index (χ4v) is 1.31. The Labute approximate surface area is 67.2 Å². The minimum Gasteiger partial charge on any atom is -0.381 e. The summed E-state index contributed by atoms with van der Waals surface area (Å²) in [6, 6.07) is 0. The fourth-order valence-electron chi connectivity index (χ4n) is 1.31. The van der Waals surface area contributed by atoms with E-state index in [0.717, 1.165) is 12.8 Å². The summed E-state index contributed by atoms with van der Waals surface area (Å²) in [5.41, 5.74) is -0.194. The SMILES string of the molecule is C=CC(=O)C1(C)CCOCC1. The van der Waals surface area contributed by atoms with Crippen molar-refractivity contribution in [2.75, 3.05) is 13.2 Å². The topological polar surface area (TPSA) is 26.3 Å². The number of rotatable bonds is 2. The summed E-state index contributed by atoms with van der Waals surface area (Å²) in [6.07, 6.45) is 3.08. The van der Waals surface area contributed by atoms with Crippen LogP contribution in [0.15, 0.2) is 12.7 Å². The van der Waals surface area contributed by atoms with E-state index in [1.165, 1.54) is 6.08 Å². The molecule has 0 bridgehead atoms. The van der Waals surface area contributed by atoms with Gasteiger partial charge in [-0.15, -0.1) is 0 Å². The summed E-state index contributed by atoms with van der Waals surface area (Å²) in [4.78, 5) is 11.3. The first-order valence-electron chi connectivity index (χ1n) is 3.94. The molecule has 2 nitrogen and oxygen atoms in total. The third kappa shape index (κ3) is 1.69. The molecule has 0 amide bonds. The molecule has 1 fully saturated rings. The van der Waals surface area contributed by atoms with Crippen LogP contribution in [0, 0.1) is 5.41 Å². The van der Waals surface area contributed by atoms with Crippen LogP contribution >= 0.6 is 0 Å². The molecule has 1 saturated heterocycles. The Morgan fingerprint density at radius 2 is 2.09 bits per heavy atom. The highest BCUT2D eigenvalue weighted by molar-refractivity contribution is 5.94. The predicted octanol–water partition coefficient (Wildman–Crippen LogP) is 1.56. The highest BCUT2D eigenvalue weighted by atomic mass is 16.5.